The second-order valence-corrected chi connectivity index (χ2v) is 8.95. The second kappa shape index (κ2) is 11.1. The van der Waals surface area contributed by atoms with E-state index in [0.717, 1.165) is 5.56 Å². The molecule has 2 aromatic carbocycles. The summed E-state index contributed by atoms with van der Waals surface area (Å²) in [6.45, 7) is 6.31. The van der Waals surface area contributed by atoms with Crippen LogP contribution in [0.25, 0.3) is 11.5 Å². The van der Waals surface area contributed by atoms with Crippen molar-refractivity contribution in [2.24, 2.45) is 0 Å². The molecule has 1 unspecified atom stereocenters. The smallest absolute Gasteiger partial charge is 0.261 e. The van der Waals surface area contributed by atoms with Crippen LogP contribution in [0.15, 0.2) is 58.5 Å². The molecule has 0 aliphatic rings. The third-order valence-corrected chi connectivity index (χ3v) is 5.54. The van der Waals surface area contributed by atoms with E-state index < -0.39 is 0 Å². The van der Waals surface area contributed by atoms with Crippen molar-refractivity contribution in [3.05, 3.63) is 65.5 Å². The number of nitrogens with zero attached hydrogens (tertiary/aromatic N) is 3. The van der Waals surface area contributed by atoms with Crippen molar-refractivity contribution in [3.8, 4) is 28.7 Å². The van der Waals surface area contributed by atoms with Crippen molar-refractivity contribution in [1.82, 2.24) is 15.2 Å². The normalized spacial score (nSPS) is 11.9. The van der Waals surface area contributed by atoms with E-state index in [9.17, 15) is 4.79 Å². The lowest BCUT2D eigenvalue weighted by Gasteiger charge is -2.16. The quantitative estimate of drug-likeness (QED) is 0.296. The molecule has 2 heterocycles. The van der Waals surface area contributed by atoms with E-state index in [1.54, 1.807) is 49.0 Å². The molecule has 0 spiro atoms. The van der Waals surface area contributed by atoms with Crippen LogP contribution in [0.3, 0.4) is 0 Å². The largest absolute Gasteiger partial charge is 0.488 e. The molecular weight excluding hydrogens is 468 g/mol. The Morgan fingerprint density at radius 1 is 1.09 bits per heavy atom. The predicted molar refractivity (Wildman–Crippen MR) is 132 cm³/mol. The van der Waals surface area contributed by atoms with Gasteiger partial charge in [0.25, 0.3) is 5.91 Å². The van der Waals surface area contributed by atoms with Gasteiger partial charge in [-0.3, -0.25) is 10.1 Å². The van der Waals surface area contributed by atoms with Gasteiger partial charge in [-0.25, -0.2) is 4.98 Å². The number of ether oxygens (including phenoxy) is 3. The lowest BCUT2D eigenvalue weighted by Crippen LogP contribution is -2.18. The maximum absolute atomic E-state index is 12.9. The summed E-state index contributed by atoms with van der Waals surface area (Å²) in [6, 6.07) is 12.3. The number of nitrogens with one attached hydrogen (secondary N) is 1. The summed E-state index contributed by atoms with van der Waals surface area (Å²) in [5.41, 5.74) is 1.11. The molecule has 0 bridgehead atoms. The molecule has 1 atom stereocenters. The van der Waals surface area contributed by atoms with Crippen molar-refractivity contribution < 1.29 is 23.4 Å². The van der Waals surface area contributed by atoms with Crippen molar-refractivity contribution in [2.45, 2.75) is 32.8 Å². The first-order chi connectivity index (χ1) is 16.9. The molecule has 2 aromatic heterocycles. The standard InChI is InChI=1S/C25H26N4O5S/c1-15(2)23-28-29-24(34-23)17-5-7-18(8-6-17)33-21-13-19(32-16(3)14-31-4)9-10-20(21)22(30)27-25-26-11-12-35-25/h5-13,15-16H,14H2,1-4H3,(H,26,27,30). The highest BCUT2D eigenvalue weighted by Gasteiger charge is 2.18. The van der Waals surface area contributed by atoms with Crippen LogP contribution in [0, 0.1) is 0 Å². The predicted octanol–water partition coefficient (Wildman–Crippen LogP) is 5.77. The summed E-state index contributed by atoms with van der Waals surface area (Å²) in [5, 5.41) is 13.3. The van der Waals surface area contributed by atoms with Gasteiger partial charge in [0, 0.05) is 36.2 Å². The molecule has 0 aliphatic carbocycles. The Kier molecular flexibility index (Phi) is 7.74. The first-order valence-electron chi connectivity index (χ1n) is 11.0. The second-order valence-electron chi connectivity index (χ2n) is 8.06. The number of anilines is 1. The van der Waals surface area contributed by atoms with Gasteiger partial charge < -0.3 is 18.6 Å². The number of methoxy groups -OCH3 is 1. The van der Waals surface area contributed by atoms with Crippen molar-refractivity contribution in [3.63, 3.8) is 0 Å². The maximum atomic E-state index is 12.9. The minimum atomic E-state index is -0.338. The van der Waals surface area contributed by atoms with Crippen LogP contribution in [0.2, 0.25) is 0 Å². The summed E-state index contributed by atoms with van der Waals surface area (Å²) >= 11 is 1.33. The number of carbonyl (C=O) groups is 1. The molecule has 1 amide bonds. The van der Waals surface area contributed by atoms with E-state index in [2.05, 4.69) is 20.5 Å². The zero-order chi connectivity index (χ0) is 24.8. The van der Waals surface area contributed by atoms with Gasteiger partial charge in [-0.15, -0.1) is 21.5 Å². The molecule has 0 fully saturated rings. The summed E-state index contributed by atoms with van der Waals surface area (Å²) in [4.78, 5) is 17.1. The lowest BCUT2D eigenvalue weighted by molar-refractivity contribution is 0.0919. The number of benzene rings is 2. The lowest BCUT2D eigenvalue weighted by atomic mass is 10.1. The molecule has 0 aliphatic heterocycles. The molecule has 10 heteroatoms. The van der Waals surface area contributed by atoms with Gasteiger partial charge in [-0.1, -0.05) is 13.8 Å². The molecule has 1 N–H and O–H groups in total. The van der Waals surface area contributed by atoms with E-state index in [1.807, 2.05) is 32.9 Å². The number of amides is 1. The first-order valence-corrected chi connectivity index (χ1v) is 11.9. The van der Waals surface area contributed by atoms with Crippen molar-refractivity contribution in [1.29, 1.82) is 0 Å². The Balaban J connectivity index is 1.58. The monoisotopic (exact) mass is 494 g/mol. The summed E-state index contributed by atoms with van der Waals surface area (Å²) in [6.07, 6.45) is 1.45. The Labute approximate surface area is 207 Å². The Bertz CT molecular complexity index is 1260. The highest BCUT2D eigenvalue weighted by atomic mass is 32.1. The SMILES string of the molecule is COCC(C)Oc1ccc(C(=O)Nc2nccs2)c(Oc2ccc(-c3nnc(C(C)C)o3)cc2)c1. The van der Waals surface area contributed by atoms with Gasteiger partial charge in [0.1, 0.15) is 23.4 Å². The maximum Gasteiger partial charge on any atom is 0.261 e. The number of rotatable bonds is 10. The number of aromatic nitrogens is 3. The average Bonchev–Trinajstić information content (AvgIpc) is 3.52. The molecule has 0 saturated heterocycles. The molecule has 4 rings (SSSR count). The number of carbonyl (C=O) groups excluding carboxylic acids is 1. The van der Waals surface area contributed by atoms with E-state index in [1.165, 1.54) is 11.3 Å². The Morgan fingerprint density at radius 3 is 2.51 bits per heavy atom. The van der Waals surface area contributed by atoms with E-state index >= 15 is 0 Å². The Morgan fingerprint density at radius 2 is 1.86 bits per heavy atom. The van der Waals surface area contributed by atoms with Crippen molar-refractivity contribution in [2.75, 3.05) is 19.0 Å². The summed E-state index contributed by atoms with van der Waals surface area (Å²) in [7, 11) is 1.61. The highest BCUT2D eigenvalue weighted by Crippen LogP contribution is 2.32. The van der Waals surface area contributed by atoms with Crippen LogP contribution in [-0.4, -0.2) is 40.9 Å². The molecule has 182 valence electrons. The van der Waals surface area contributed by atoms with Gasteiger partial charge in [-0.05, 0) is 43.3 Å². The van der Waals surface area contributed by atoms with Crippen molar-refractivity contribution >= 4 is 22.4 Å². The molecule has 0 radical (unpaired) electrons. The summed E-state index contributed by atoms with van der Waals surface area (Å²) < 4.78 is 22.9. The van der Waals surface area contributed by atoms with E-state index in [-0.39, 0.29) is 17.9 Å². The van der Waals surface area contributed by atoms with Gasteiger partial charge in [0.05, 0.1) is 12.2 Å². The minimum absolute atomic E-state index is 0.147. The third kappa shape index (κ3) is 6.23. The molecule has 9 nitrogen and oxygen atoms in total. The van der Waals surface area contributed by atoms with Crippen LogP contribution in [0.1, 0.15) is 42.9 Å². The van der Waals surface area contributed by atoms with Gasteiger partial charge in [-0.2, -0.15) is 0 Å². The van der Waals surface area contributed by atoms with Crippen LogP contribution in [-0.2, 0) is 4.74 Å². The van der Waals surface area contributed by atoms with Crippen LogP contribution < -0.4 is 14.8 Å². The molecule has 35 heavy (non-hydrogen) atoms. The molecule has 0 saturated carbocycles. The number of thiazole rings is 1. The highest BCUT2D eigenvalue weighted by molar-refractivity contribution is 7.13. The number of hydrogen-bond donors (Lipinski definition) is 1. The zero-order valence-corrected chi connectivity index (χ0v) is 20.7. The van der Waals surface area contributed by atoms with Crippen LogP contribution in [0.4, 0.5) is 5.13 Å². The minimum Gasteiger partial charge on any atom is -0.488 e. The zero-order valence-electron chi connectivity index (χ0n) is 19.8. The Hall–Kier alpha value is -3.76. The van der Waals surface area contributed by atoms with Crippen LogP contribution >= 0.6 is 11.3 Å². The van der Waals surface area contributed by atoms with Crippen LogP contribution in [0.5, 0.6) is 17.2 Å². The summed E-state index contributed by atoms with van der Waals surface area (Å²) in [5.74, 6) is 2.25. The van der Waals surface area contributed by atoms with E-state index in [0.29, 0.717) is 46.3 Å². The topological polar surface area (TPSA) is 109 Å². The molecular formula is C25H26N4O5S. The first kappa shape index (κ1) is 24.4. The van der Waals surface area contributed by atoms with Gasteiger partial charge in [0.15, 0.2) is 5.13 Å². The average molecular weight is 495 g/mol. The van der Waals surface area contributed by atoms with Gasteiger partial charge >= 0.3 is 0 Å². The molecule has 4 aromatic rings. The fourth-order valence-electron chi connectivity index (χ4n) is 3.18. The fourth-order valence-corrected chi connectivity index (χ4v) is 3.70. The fraction of sp³-hybridized carbons (Fsp3) is 0.280. The number of hydrogen-bond acceptors (Lipinski definition) is 9. The third-order valence-electron chi connectivity index (χ3n) is 4.85. The van der Waals surface area contributed by atoms with Gasteiger partial charge in [0.2, 0.25) is 11.8 Å². The van der Waals surface area contributed by atoms with E-state index in [4.69, 9.17) is 18.6 Å².